The molecular weight excluding hydrogens is 289 g/mol. The first-order chi connectivity index (χ1) is 7.68. The van der Waals surface area contributed by atoms with E-state index in [4.69, 9.17) is 17.4 Å². The molecule has 0 aromatic carbocycles. The molecule has 0 unspecified atom stereocenters. The highest BCUT2D eigenvalue weighted by atomic mass is 79.9. The fourth-order valence-corrected chi connectivity index (χ4v) is 2.58. The smallest absolute Gasteiger partial charge is 0.143 e. The number of pyridine rings is 1. The summed E-state index contributed by atoms with van der Waals surface area (Å²) in [5.74, 6) is 6.06. The SMILES string of the molecule is NN1CCCCC[C@@H]1c1cnc(Cl)c(Br)c1. The monoisotopic (exact) mass is 303 g/mol. The van der Waals surface area contributed by atoms with Gasteiger partial charge in [-0.25, -0.2) is 9.99 Å². The molecule has 5 heteroatoms. The second kappa shape index (κ2) is 5.45. The molecule has 0 spiro atoms. The van der Waals surface area contributed by atoms with Crippen LogP contribution >= 0.6 is 27.5 Å². The number of nitrogens with two attached hydrogens (primary N) is 1. The van der Waals surface area contributed by atoms with E-state index in [0.717, 1.165) is 23.0 Å². The molecule has 1 aliphatic heterocycles. The van der Waals surface area contributed by atoms with Crippen LogP contribution in [0.2, 0.25) is 5.15 Å². The Morgan fingerprint density at radius 1 is 1.44 bits per heavy atom. The molecule has 88 valence electrons. The van der Waals surface area contributed by atoms with Crippen molar-refractivity contribution in [3.8, 4) is 0 Å². The maximum absolute atomic E-state index is 6.06. The Balaban J connectivity index is 2.23. The maximum atomic E-state index is 6.06. The van der Waals surface area contributed by atoms with E-state index in [2.05, 4.69) is 20.9 Å². The second-order valence-electron chi connectivity index (χ2n) is 4.14. The van der Waals surface area contributed by atoms with Crippen LogP contribution in [-0.4, -0.2) is 16.5 Å². The van der Waals surface area contributed by atoms with Crippen molar-refractivity contribution in [2.75, 3.05) is 6.54 Å². The summed E-state index contributed by atoms with van der Waals surface area (Å²) in [5.41, 5.74) is 1.14. The van der Waals surface area contributed by atoms with Crippen molar-refractivity contribution >= 4 is 27.5 Å². The van der Waals surface area contributed by atoms with E-state index in [1.807, 2.05) is 17.3 Å². The van der Waals surface area contributed by atoms with Crippen LogP contribution < -0.4 is 5.84 Å². The maximum Gasteiger partial charge on any atom is 0.143 e. The van der Waals surface area contributed by atoms with Crippen LogP contribution in [-0.2, 0) is 0 Å². The Kier molecular flexibility index (Phi) is 4.19. The average Bonchev–Trinajstić information content (AvgIpc) is 2.47. The molecule has 1 aromatic rings. The van der Waals surface area contributed by atoms with Gasteiger partial charge in [0.15, 0.2) is 0 Å². The Bertz CT molecular complexity index is 372. The van der Waals surface area contributed by atoms with E-state index in [1.165, 1.54) is 19.3 Å². The summed E-state index contributed by atoms with van der Waals surface area (Å²) in [6.45, 7) is 0.949. The summed E-state index contributed by atoms with van der Waals surface area (Å²) in [5, 5.41) is 2.42. The lowest BCUT2D eigenvalue weighted by molar-refractivity contribution is 0.206. The molecule has 1 atom stereocenters. The van der Waals surface area contributed by atoms with E-state index >= 15 is 0 Å². The van der Waals surface area contributed by atoms with E-state index < -0.39 is 0 Å². The quantitative estimate of drug-likeness (QED) is 0.639. The highest BCUT2D eigenvalue weighted by Gasteiger charge is 2.20. The number of hydrogen-bond acceptors (Lipinski definition) is 3. The zero-order chi connectivity index (χ0) is 11.5. The number of nitrogens with zero attached hydrogens (tertiary/aromatic N) is 2. The first-order valence-electron chi connectivity index (χ1n) is 5.51. The molecule has 2 heterocycles. The van der Waals surface area contributed by atoms with Crippen LogP contribution in [0.4, 0.5) is 0 Å². The average molecular weight is 305 g/mol. The lowest BCUT2D eigenvalue weighted by atomic mass is 10.0. The van der Waals surface area contributed by atoms with Gasteiger partial charge < -0.3 is 0 Å². The van der Waals surface area contributed by atoms with Gasteiger partial charge in [0.2, 0.25) is 0 Å². The highest BCUT2D eigenvalue weighted by molar-refractivity contribution is 9.10. The molecule has 1 aromatic heterocycles. The molecule has 1 saturated heterocycles. The zero-order valence-corrected chi connectivity index (χ0v) is 11.3. The zero-order valence-electron chi connectivity index (χ0n) is 9.00. The highest BCUT2D eigenvalue weighted by Crippen LogP contribution is 2.30. The normalized spacial score (nSPS) is 23.1. The fraction of sp³-hybridized carbons (Fsp3) is 0.545. The molecule has 1 fully saturated rings. The molecule has 0 aliphatic carbocycles. The van der Waals surface area contributed by atoms with Gasteiger partial charge in [0, 0.05) is 12.7 Å². The summed E-state index contributed by atoms with van der Waals surface area (Å²) in [4.78, 5) is 4.16. The minimum absolute atomic E-state index is 0.267. The van der Waals surface area contributed by atoms with Crippen LogP contribution in [0.1, 0.15) is 37.3 Å². The van der Waals surface area contributed by atoms with Gasteiger partial charge in [-0.3, -0.25) is 5.84 Å². The van der Waals surface area contributed by atoms with Gasteiger partial charge in [0.05, 0.1) is 10.5 Å². The third kappa shape index (κ3) is 2.74. The molecule has 16 heavy (non-hydrogen) atoms. The molecule has 0 bridgehead atoms. The largest absolute Gasteiger partial charge is 0.268 e. The first kappa shape index (κ1) is 12.3. The van der Waals surface area contributed by atoms with Gasteiger partial charge in [0.25, 0.3) is 0 Å². The third-order valence-corrected chi connectivity index (χ3v) is 4.13. The summed E-state index contributed by atoms with van der Waals surface area (Å²) in [6, 6.07) is 2.29. The predicted molar refractivity (Wildman–Crippen MR) is 69.0 cm³/mol. The standard InChI is InChI=1S/C11H15BrClN3/c12-9-6-8(7-15-11(9)13)10-4-2-1-3-5-16(10)14/h6-7,10H,1-5,14H2/t10-/m1/s1. The van der Waals surface area contributed by atoms with Gasteiger partial charge >= 0.3 is 0 Å². The van der Waals surface area contributed by atoms with Crippen molar-refractivity contribution in [2.45, 2.75) is 31.7 Å². The van der Waals surface area contributed by atoms with Gasteiger partial charge in [-0.05, 0) is 40.4 Å². The molecule has 2 rings (SSSR count). The minimum Gasteiger partial charge on any atom is -0.268 e. The summed E-state index contributed by atoms with van der Waals surface area (Å²) >= 11 is 9.28. The number of rotatable bonds is 1. The van der Waals surface area contributed by atoms with Crippen LogP contribution in [0.5, 0.6) is 0 Å². The van der Waals surface area contributed by atoms with Gasteiger partial charge in [-0.15, -0.1) is 0 Å². The lowest BCUT2D eigenvalue weighted by Gasteiger charge is -2.25. The lowest BCUT2D eigenvalue weighted by Crippen LogP contribution is -2.35. The number of hydrazine groups is 1. The van der Waals surface area contributed by atoms with Crippen LogP contribution in [0.15, 0.2) is 16.7 Å². The van der Waals surface area contributed by atoms with E-state index in [1.54, 1.807) is 0 Å². The number of hydrogen-bond donors (Lipinski definition) is 1. The fourth-order valence-electron chi connectivity index (χ4n) is 2.11. The second-order valence-corrected chi connectivity index (χ2v) is 5.36. The van der Waals surface area contributed by atoms with Crippen LogP contribution in [0.3, 0.4) is 0 Å². The molecule has 0 radical (unpaired) electrons. The van der Waals surface area contributed by atoms with Crippen molar-refractivity contribution < 1.29 is 0 Å². The van der Waals surface area contributed by atoms with Gasteiger partial charge in [-0.1, -0.05) is 24.4 Å². The van der Waals surface area contributed by atoms with Gasteiger partial charge in [-0.2, -0.15) is 0 Å². The summed E-state index contributed by atoms with van der Waals surface area (Å²) < 4.78 is 0.837. The Hall–Kier alpha value is -0.160. The summed E-state index contributed by atoms with van der Waals surface area (Å²) in [7, 11) is 0. The van der Waals surface area contributed by atoms with Crippen molar-refractivity contribution in [3.05, 3.63) is 27.5 Å². The van der Waals surface area contributed by atoms with Crippen LogP contribution in [0, 0.1) is 0 Å². The van der Waals surface area contributed by atoms with Crippen molar-refractivity contribution in [1.29, 1.82) is 0 Å². The van der Waals surface area contributed by atoms with E-state index in [-0.39, 0.29) is 6.04 Å². The molecule has 1 aliphatic rings. The first-order valence-corrected chi connectivity index (χ1v) is 6.68. The predicted octanol–water partition coefficient (Wildman–Crippen LogP) is 3.29. The Morgan fingerprint density at radius 2 is 2.25 bits per heavy atom. The molecule has 0 amide bonds. The Morgan fingerprint density at radius 3 is 3.00 bits per heavy atom. The van der Waals surface area contributed by atoms with Gasteiger partial charge in [0.1, 0.15) is 5.15 Å². The molecule has 3 nitrogen and oxygen atoms in total. The topological polar surface area (TPSA) is 42.1 Å². The van der Waals surface area contributed by atoms with Crippen molar-refractivity contribution in [3.63, 3.8) is 0 Å². The van der Waals surface area contributed by atoms with Crippen LogP contribution in [0.25, 0.3) is 0 Å². The molecule has 0 saturated carbocycles. The third-order valence-electron chi connectivity index (χ3n) is 3.00. The molecular formula is C11H15BrClN3. The van der Waals surface area contributed by atoms with Crippen molar-refractivity contribution in [1.82, 2.24) is 9.99 Å². The Labute approximate surface area is 109 Å². The number of halogens is 2. The van der Waals surface area contributed by atoms with E-state index in [9.17, 15) is 0 Å². The van der Waals surface area contributed by atoms with Crippen molar-refractivity contribution in [2.24, 2.45) is 5.84 Å². The summed E-state index contributed by atoms with van der Waals surface area (Å²) in [6.07, 6.45) is 6.56. The molecule has 2 N–H and O–H groups in total. The van der Waals surface area contributed by atoms with E-state index in [0.29, 0.717) is 5.15 Å². The minimum atomic E-state index is 0.267. The number of aromatic nitrogens is 1.